The van der Waals surface area contributed by atoms with Crippen LogP contribution in [0, 0.1) is 0 Å². The molecule has 0 saturated carbocycles. The van der Waals surface area contributed by atoms with Crippen LogP contribution in [0.4, 0.5) is 19.5 Å². The lowest BCUT2D eigenvalue weighted by atomic mass is 10.1. The summed E-state index contributed by atoms with van der Waals surface area (Å²) in [5.74, 6) is -0.564. The molecule has 150 valence electrons. The molecule has 0 aliphatic rings. The summed E-state index contributed by atoms with van der Waals surface area (Å²) in [5.41, 5.74) is 1.52. The van der Waals surface area contributed by atoms with Crippen LogP contribution in [0.2, 0.25) is 0 Å². The summed E-state index contributed by atoms with van der Waals surface area (Å²) in [4.78, 5) is 13.0. The molecule has 0 bridgehead atoms. The second-order valence-electron chi connectivity index (χ2n) is 5.66. The number of benzene rings is 2. The van der Waals surface area contributed by atoms with Crippen LogP contribution in [0.5, 0.6) is 5.75 Å². The number of hydrogen-bond donors (Lipinski definition) is 2. The Morgan fingerprint density at radius 3 is 2.45 bits per heavy atom. The average Bonchev–Trinajstić information content (AvgIpc) is 3.13. The Hall–Kier alpha value is -3.04. The molecule has 0 aliphatic heterocycles. The Labute approximate surface area is 175 Å². The van der Waals surface area contributed by atoms with Gasteiger partial charge >= 0.3 is 12.6 Å². The highest BCUT2D eigenvalue weighted by atomic mass is 32.1. The van der Waals surface area contributed by atoms with Gasteiger partial charge in [0.05, 0.1) is 18.4 Å². The van der Waals surface area contributed by atoms with E-state index in [9.17, 15) is 13.6 Å². The van der Waals surface area contributed by atoms with Gasteiger partial charge in [-0.05, 0) is 36.0 Å². The third-order valence-corrected chi connectivity index (χ3v) is 5.08. The predicted molar refractivity (Wildman–Crippen MR) is 114 cm³/mol. The molecule has 0 spiro atoms. The zero-order valence-electron chi connectivity index (χ0n) is 15.1. The largest absolute Gasteiger partial charge is 0.465 e. The van der Waals surface area contributed by atoms with E-state index in [2.05, 4.69) is 15.4 Å². The van der Waals surface area contributed by atoms with Crippen LogP contribution in [-0.4, -0.2) is 24.8 Å². The fraction of sp³-hybridized carbons (Fsp3) is 0.100. The van der Waals surface area contributed by atoms with E-state index < -0.39 is 12.6 Å². The van der Waals surface area contributed by atoms with E-state index in [4.69, 9.17) is 17.0 Å². The van der Waals surface area contributed by atoms with Crippen LogP contribution in [-0.2, 0) is 4.74 Å². The van der Waals surface area contributed by atoms with Gasteiger partial charge in [-0.2, -0.15) is 8.78 Å². The highest BCUT2D eigenvalue weighted by molar-refractivity contribution is 7.80. The van der Waals surface area contributed by atoms with Gasteiger partial charge in [0, 0.05) is 4.88 Å². The first-order chi connectivity index (χ1) is 14.0. The van der Waals surface area contributed by atoms with Crippen molar-refractivity contribution in [3.63, 3.8) is 0 Å². The molecule has 3 rings (SSSR count). The van der Waals surface area contributed by atoms with Crippen molar-refractivity contribution in [2.75, 3.05) is 17.7 Å². The average molecular weight is 434 g/mol. The minimum Gasteiger partial charge on any atom is -0.465 e. The van der Waals surface area contributed by atoms with Gasteiger partial charge in [-0.1, -0.05) is 42.5 Å². The number of carbonyl (C=O) groups excluding carboxylic acids is 1. The maximum Gasteiger partial charge on any atom is 0.387 e. The highest BCUT2D eigenvalue weighted by Gasteiger charge is 2.19. The Bertz CT molecular complexity index is 1010. The van der Waals surface area contributed by atoms with Crippen molar-refractivity contribution in [3.8, 4) is 16.2 Å². The number of halogens is 2. The molecule has 0 unspecified atom stereocenters. The van der Waals surface area contributed by atoms with Gasteiger partial charge < -0.3 is 20.1 Å². The molecule has 3 aromatic rings. The number of esters is 1. The predicted octanol–water partition coefficient (Wildman–Crippen LogP) is 5.61. The molecular weight excluding hydrogens is 418 g/mol. The lowest BCUT2D eigenvalue weighted by Crippen LogP contribution is -2.20. The number of nitrogens with one attached hydrogen (secondary N) is 2. The van der Waals surface area contributed by atoms with Crippen LogP contribution in [0.25, 0.3) is 10.4 Å². The summed E-state index contributed by atoms with van der Waals surface area (Å²) >= 11 is 6.61. The lowest BCUT2D eigenvalue weighted by molar-refractivity contribution is -0.0493. The molecule has 0 amide bonds. The molecule has 0 atom stereocenters. The topological polar surface area (TPSA) is 59.6 Å². The number of methoxy groups -OCH3 is 1. The quantitative estimate of drug-likeness (QED) is 0.388. The molecule has 0 aliphatic carbocycles. The van der Waals surface area contributed by atoms with E-state index in [1.54, 1.807) is 24.3 Å². The second-order valence-corrected chi connectivity index (χ2v) is 7.13. The van der Waals surface area contributed by atoms with E-state index in [-0.39, 0.29) is 16.5 Å². The number of anilines is 2. The fourth-order valence-electron chi connectivity index (χ4n) is 2.52. The Balaban J connectivity index is 1.83. The molecule has 0 saturated heterocycles. The number of rotatable bonds is 6. The molecule has 1 aromatic heterocycles. The maximum atomic E-state index is 12.6. The Kier molecular flexibility index (Phi) is 6.73. The summed E-state index contributed by atoms with van der Waals surface area (Å²) in [6.07, 6.45) is 0. The number of hydrogen-bond acceptors (Lipinski definition) is 5. The maximum absolute atomic E-state index is 12.6. The Morgan fingerprint density at radius 2 is 1.76 bits per heavy atom. The van der Waals surface area contributed by atoms with Gasteiger partial charge in [0.25, 0.3) is 0 Å². The summed E-state index contributed by atoms with van der Waals surface area (Å²) < 4.78 is 34.5. The molecule has 0 radical (unpaired) electrons. The zero-order valence-corrected chi connectivity index (χ0v) is 16.8. The van der Waals surface area contributed by atoms with Crippen molar-refractivity contribution in [2.24, 2.45) is 0 Å². The minimum absolute atomic E-state index is 0.0454. The number of para-hydroxylation sites is 2. The van der Waals surface area contributed by atoms with Crippen molar-refractivity contribution < 1.29 is 23.0 Å². The Morgan fingerprint density at radius 1 is 1.07 bits per heavy atom. The van der Waals surface area contributed by atoms with Crippen LogP contribution >= 0.6 is 23.6 Å². The van der Waals surface area contributed by atoms with Crippen molar-refractivity contribution >= 4 is 45.3 Å². The van der Waals surface area contributed by atoms with Gasteiger partial charge in [0.2, 0.25) is 0 Å². The molecule has 2 N–H and O–H groups in total. The van der Waals surface area contributed by atoms with Crippen LogP contribution in [0.3, 0.4) is 0 Å². The summed E-state index contributed by atoms with van der Waals surface area (Å²) in [7, 11) is 1.29. The molecule has 0 fully saturated rings. The fourth-order valence-corrected chi connectivity index (χ4v) is 3.85. The third kappa shape index (κ3) is 5.27. The molecule has 5 nitrogen and oxygen atoms in total. The second kappa shape index (κ2) is 9.44. The molecular formula is C20H16F2N2O3S2. The van der Waals surface area contributed by atoms with Gasteiger partial charge in [0.15, 0.2) is 5.11 Å². The van der Waals surface area contributed by atoms with E-state index in [0.29, 0.717) is 10.6 Å². The van der Waals surface area contributed by atoms with Gasteiger partial charge in [-0.25, -0.2) is 4.79 Å². The molecule has 29 heavy (non-hydrogen) atoms. The van der Waals surface area contributed by atoms with Gasteiger partial charge in [-0.15, -0.1) is 11.3 Å². The third-order valence-electron chi connectivity index (χ3n) is 3.77. The van der Waals surface area contributed by atoms with Crippen molar-refractivity contribution in [3.05, 3.63) is 66.2 Å². The van der Waals surface area contributed by atoms with Crippen molar-refractivity contribution in [1.29, 1.82) is 0 Å². The van der Waals surface area contributed by atoms with E-state index in [1.807, 2.05) is 30.3 Å². The molecule has 1 heterocycles. The SMILES string of the molecule is COC(=O)c1cc(-c2ccccc2)sc1NC(=S)Nc1ccccc1OC(F)F. The van der Waals surface area contributed by atoms with Crippen LogP contribution < -0.4 is 15.4 Å². The van der Waals surface area contributed by atoms with Gasteiger partial charge in [-0.3, -0.25) is 0 Å². The van der Waals surface area contributed by atoms with Crippen LogP contribution in [0.15, 0.2) is 60.7 Å². The van der Waals surface area contributed by atoms with Gasteiger partial charge in [0.1, 0.15) is 10.8 Å². The monoisotopic (exact) mass is 434 g/mol. The number of thiophene rings is 1. The molecule has 9 heteroatoms. The highest BCUT2D eigenvalue weighted by Crippen LogP contribution is 2.36. The van der Waals surface area contributed by atoms with E-state index >= 15 is 0 Å². The summed E-state index contributed by atoms with van der Waals surface area (Å²) in [6.45, 7) is -2.96. The summed E-state index contributed by atoms with van der Waals surface area (Å²) in [5, 5.41) is 6.34. The number of carbonyl (C=O) groups is 1. The van der Waals surface area contributed by atoms with Crippen molar-refractivity contribution in [1.82, 2.24) is 0 Å². The number of ether oxygens (including phenoxy) is 2. The number of thiocarbonyl (C=S) groups is 1. The van der Waals surface area contributed by atoms with Crippen LogP contribution in [0.1, 0.15) is 10.4 Å². The summed E-state index contributed by atoms with van der Waals surface area (Å²) in [6, 6.07) is 17.4. The number of alkyl halides is 2. The standard InChI is InChI=1S/C20H16F2N2O3S2/c1-26-18(25)13-11-16(12-7-3-2-4-8-12)29-17(13)24-20(28)23-14-9-5-6-10-15(14)27-19(21)22/h2-11,19H,1H3,(H2,23,24,28). The first-order valence-electron chi connectivity index (χ1n) is 8.37. The van der Waals surface area contributed by atoms with E-state index in [1.165, 1.54) is 24.5 Å². The van der Waals surface area contributed by atoms with E-state index in [0.717, 1.165) is 10.4 Å². The zero-order chi connectivity index (χ0) is 20.8. The minimum atomic E-state index is -2.96. The first kappa shape index (κ1) is 20.7. The molecule has 2 aromatic carbocycles. The first-order valence-corrected chi connectivity index (χ1v) is 9.60. The lowest BCUT2D eigenvalue weighted by Gasteiger charge is -2.14. The normalized spacial score (nSPS) is 10.5. The van der Waals surface area contributed by atoms with Crippen molar-refractivity contribution in [2.45, 2.75) is 6.61 Å². The smallest absolute Gasteiger partial charge is 0.387 e.